The lowest BCUT2D eigenvalue weighted by molar-refractivity contribution is -0.126. The third-order valence-electron chi connectivity index (χ3n) is 4.48. The lowest BCUT2D eigenvalue weighted by Crippen LogP contribution is -2.37. The highest BCUT2D eigenvalue weighted by atomic mass is 16.2. The van der Waals surface area contributed by atoms with Gasteiger partial charge in [-0.3, -0.25) is 14.5 Å². The van der Waals surface area contributed by atoms with Gasteiger partial charge in [-0.15, -0.1) is 0 Å². The van der Waals surface area contributed by atoms with Crippen LogP contribution < -0.4 is 4.90 Å². The van der Waals surface area contributed by atoms with Crippen LogP contribution in [0.1, 0.15) is 25.3 Å². The van der Waals surface area contributed by atoms with Gasteiger partial charge in [-0.05, 0) is 31.4 Å². The number of amides is 4. The Morgan fingerprint density at radius 1 is 1.26 bits per heavy atom. The number of hydrogen-bond acceptors (Lipinski definition) is 3. The number of urea groups is 1. The maximum Gasteiger partial charge on any atom is 0.326 e. The lowest BCUT2D eigenvalue weighted by atomic mass is 10.1. The quantitative estimate of drug-likeness (QED) is 0.794. The van der Waals surface area contributed by atoms with Crippen LogP contribution in [0, 0.1) is 0 Å². The molecule has 6 heteroatoms. The van der Waals surface area contributed by atoms with Crippen molar-refractivity contribution in [2.24, 2.45) is 0 Å². The molecule has 1 unspecified atom stereocenters. The van der Waals surface area contributed by atoms with E-state index in [4.69, 9.17) is 0 Å². The zero-order chi connectivity index (χ0) is 16.6. The van der Waals surface area contributed by atoms with E-state index in [1.807, 2.05) is 30.0 Å². The van der Waals surface area contributed by atoms with Gasteiger partial charge in [0.25, 0.3) is 0 Å². The SMILES string of the molecule is CC1Cc2ccccc2N1C(=O)CCCN1C(=O)CN(C)C1=O. The van der Waals surface area contributed by atoms with Gasteiger partial charge in [-0.1, -0.05) is 18.2 Å². The molecule has 1 aromatic carbocycles. The van der Waals surface area contributed by atoms with Crippen LogP contribution in [0.2, 0.25) is 0 Å². The second kappa shape index (κ2) is 6.02. The molecular formula is C17H21N3O3. The van der Waals surface area contributed by atoms with Crippen LogP contribution in [-0.4, -0.2) is 53.8 Å². The Labute approximate surface area is 135 Å². The third kappa shape index (κ3) is 2.81. The number of rotatable bonds is 4. The van der Waals surface area contributed by atoms with Gasteiger partial charge in [-0.2, -0.15) is 0 Å². The molecule has 3 rings (SSSR count). The van der Waals surface area contributed by atoms with Crippen molar-refractivity contribution in [2.45, 2.75) is 32.2 Å². The molecule has 0 spiro atoms. The maximum atomic E-state index is 12.5. The molecule has 6 nitrogen and oxygen atoms in total. The minimum Gasteiger partial charge on any atom is -0.318 e. The van der Waals surface area contributed by atoms with Crippen molar-refractivity contribution >= 4 is 23.5 Å². The molecular weight excluding hydrogens is 294 g/mol. The summed E-state index contributed by atoms with van der Waals surface area (Å²) in [7, 11) is 1.61. The van der Waals surface area contributed by atoms with Gasteiger partial charge < -0.3 is 9.80 Å². The Balaban J connectivity index is 1.58. The summed E-state index contributed by atoms with van der Waals surface area (Å²) in [4.78, 5) is 40.5. The first kappa shape index (κ1) is 15.5. The Bertz CT molecular complexity index is 658. The first-order chi connectivity index (χ1) is 11.0. The van der Waals surface area contributed by atoms with Crippen molar-refractivity contribution in [3.63, 3.8) is 0 Å². The molecule has 1 aromatic rings. The minimum absolute atomic E-state index is 0.0508. The minimum atomic E-state index is -0.276. The number of carbonyl (C=O) groups excluding carboxylic acids is 3. The maximum absolute atomic E-state index is 12.5. The smallest absolute Gasteiger partial charge is 0.318 e. The van der Waals surface area contributed by atoms with Gasteiger partial charge in [0.05, 0.1) is 0 Å². The van der Waals surface area contributed by atoms with Crippen LogP contribution in [-0.2, 0) is 16.0 Å². The molecule has 2 aliphatic heterocycles. The number of nitrogens with zero attached hydrogens (tertiary/aromatic N) is 3. The van der Waals surface area contributed by atoms with Crippen molar-refractivity contribution in [3.05, 3.63) is 29.8 Å². The highest BCUT2D eigenvalue weighted by molar-refractivity contribution is 6.02. The van der Waals surface area contributed by atoms with E-state index in [0.717, 1.165) is 12.1 Å². The van der Waals surface area contributed by atoms with Gasteiger partial charge in [0.1, 0.15) is 6.54 Å². The number of hydrogen-bond donors (Lipinski definition) is 0. The molecule has 0 aliphatic carbocycles. The van der Waals surface area contributed by atoms with Crippen molar-refractivity contribution in [1.29, 1.82) is 0 Å². The zero-order valence-corrected chi connectivity index (χ0v) is 13.5. The summed E-state index contributed by atoms with van der Waals surface area (Å²) in [5.74, 6) is -0.139. The van der Waals surface area contributed by atoms with Crippen LogP contribution in [0.5, 0.6) is 0 Å². The second-order valence-electron chi connectivity index (χ2n) is 6.23. The van der Waals surface area contributed by atoms with Gasteiger partial charge in [0.2, 0.25) is 11.8 Å². The molecule has 0 aromatic heterocycles. The standard InChI is InChI=1S/C17H21N3O3/c1-12-10-13-6-3-4-7-14(13)20(12)15(21)8-5-9-19-16(22)11-18(2)17(19)23/h3-4,6-7,12H,5,8-11H2,1-2H3. The molecule has 2 aliphatic rings. The topological polar surface area (TPSA) is 60.9 Å². The second-order valence-corrected chi connectivity index (χ2v) is 6.23. The first-order valence-corrected chi connectivity index (χ1v) is 7.94. The highest BCUT2D eigenvalue weighted by Crippen LogP contribution is 2.32. The highest BCUT2D eigenvalue weighted by Gasteiger charge is 2.34. The Morgan fingerprint density at radius 3 is 2.70 bits per heavy atom. The number of likely N-dealkylation sites (N-methyl/N-ethyl adjacent to an activating group) is 1. The van der Waals surface area contributed by atoms with E-state index in [1.54, 1.807) is 7.05 Å². The largest absolute Gasteiger partial charge is 0.326 e. The summed E-state index contributed by atoms with van der Waals surface area (Å²) in [6, 6.07) is 7.83. The molecule has 0 saturated carbocycles. The summed E-state index contributed by atoms with van der Waals surface area (Å²) >= 11 is 0. The number of anilines is 1. The molecule has 122 valence electrons. The Kier molecular flexibility index (Phi) is 4.07. The number of benzene rings is 1. The van der Waals surface area contributed by atoms with Crippen LogP contribution >= 0.6 is 0 Å². The number of imide groups is 1. The fraction of sp³-hybridized carbons (Fsp3) is 0.471. The number of fused-ring (bicyclic) bond motifs is 1. The van der Waals surface area contributed by atoms with E-state index in [9.17, 15) is 14.4 Å². The van der Waals surface area contributed by atoms with E-state index < -0.39 is 0 Å². The van der Waals surface area contributed by atoms with Gasteiger partial charge in [0.15, 0.2) is 0 Å². The fourth-order valence-corrected chi connectivity index (χ4v) is 3.34. The molecule has 0 bridgehead atoms. The van der Waals surface area contributed by atoms with Crippen molar-refractivity contribution in [2.75, 3.05) is 25.0 Å². The Morgan fingerprint density at radius 2 is 2.00 bits per heavy atom. The molecule has 1 saturated heterocycles. The predicted molar refractivity (Wildman–Crippen MR) is 86.1 cm³/mol. The molecule has 4 amide bonds. The molecule has 1 fully saturated rings. The fourth-order valence-electron chi connectivity index (χ4n) is 3.34. The summed E-state index contributed by atoms with van der Waals surface area (Å²) in [5, 5.41) is 0. The van der Waals surface area contributed by atoms with E-state index in [0.29, 0.717) is 19.4 Å². The molecule has 1 atom stereocenters. The van der Waals surface area contributed by atoms with Crippen molar-refractivity contribution < 1.29 is 14.4 Å². The summed E-state index contributed by atoms with van der Waals surface area (Å²) in [6.07, 6.45) is 1.70. The molecule has 0 N–H and O–H groups in total. The van der Waals surface area contributed by atoms with Crippen LogP contribution in [0.4, 0.5) is 10.5 Å². The van der Waals surface area contributed by atoms with E-state index in [2.05, 4.69) is 6.07 Å². The van der Waals surface area contributed by atoms with Crippen LogP contribution in [0.3, 0.4) is 0 Å². The summed E-state index contributed by atoms with van der Waals surface area (Å²) < 4.78 is 0. The number of para-hydroxylation sites is 1. The van der Waals surface area contributed by atoms with E-state index >= 15 is 0 Å². The average molecular weight is 315 g/mol. The van der Waals surface area contributed by atoms with Gasteiger partial charge in [-0.25, -0.2) is 4.79 Å². The number of carbonyl (C=O) groups is 3. The summed E-state index contributed by atoms with van der Waals surface area (Å²) in [6.45, 7) is 2.47. The lowest BCUT2D eigenvalue weighted by Gasteiger charge is -2.23. The van der Waals surface area contributed by atoms with Crippen LogP contribution in [0.15, 0.2) is 24.3 Å². The van der Waals surface area contributed by atoms with Gasteiger partial charge in [0, 0.05) is 31.7 Å². The summed E-state index contributed by atoms with van der Waals surface area (Å²) in [5.41, 5.74) is 2.18. The third-order valence-corrected chi connectivity index (χ3v) is 4.48. The molecule has 0 radical (unpaired) electrons. The van der Waals surface area contributed by atoms with E-state index in [1.165, 1.54) is 15.4 Å². The van der Waals surface area contributed by atoms with E-state index in [-0.39, 0.29) is 30.4 Å². The predicted octanol–water partition coefficient (Wildman–Crippen LogP) is 1.64. The van der Waals surface area contributed by atoms with Crippen molar-refractivity contribution in [1.82, 2.24) is 9.80 Å². The zero-order valence-electron chi connectivity index (χ0n) is 13.5. The van der Waals surface area contributed by atoms with Crippen molar-refractivity contribution in [3.8, 4) is 0 Å². The van der Waals surface area contributed by atoms with Gasteiger partial charge >= 0.3 is 6.03 Å². The van der Waals surface area contributed by atoms with Crippen LogP contribution in [0.25, 0.3) is 0 Å². The molecule has 2 heterocycles. The first-order valence-electron chi connectivity index (χ1n) is 7.94. The Hall–Kier alpha value is -2.37. The normalized spacial score (nSPS) is 20.4. The monoisotopic (exact) mass is 315 g/mol. The molecule has 23 heavy (non-hydrogen) atoms. The average Bonchev–Trinajstić information content (AvgIpc) is 2.97.